The van der Waals surface area contributed by atoms with E-state index in [1.165, 1.54) is 11.0 Å². The highest BCUT2D eigenvalue weighted by molar-refractivity contribution is 6.32. The standard InChI is InChI=1S/C17H20ClN5O2/c1-10-4-13-7-14(5-10)22(13)17(25)20-11-2-3-15(18)16(6-11)23-19-8-12(9-24)21-23/h2-3,6,8,10,13-14,24H,4-5,7,9H2,1H3,(H,20,25). The van der Waals surface area contributed by atoms with Gasteiger partial charge in [0.25, 0.3) is 0 Å². The van der Waals surface area contributed by atoms with Crippen LogP contribution in [0.2, 0.25) is 5.02 Å². The van der Waals surface area contributed by atoms with Crippen molar-refractivity contribution in [2.45, 2.75) is 44.9 Å². The summed E-state index contributed by atoms with van der Waals surface area (Å²) >= 11 is 6.23. The first-order chi connectivity index (χ1) is 12.0. The Morgan fingerprint density at radius 1 is 1.36 bits per heavy atom. The maximum atomic E-state index is 12.6. The molecular weight excluding hydrogens is 342 g/mol. The first kappa shape index (κ1) is 16.4. The first-order valence-corrected chi connectivity index (χ1v) is 8.84. The Morgan fingerprint density at radius 3 is 2.80 bits per heavy atom. The topological polar surface area (TPSA) is 83.3 Å². The molecule has 1 aromatic heterocycles. The van der Waals surface area contributed by atoms with Gasteiger partial charge in [-0.25, -0.2) is 4.79 Å². The van der Waals surface area contributed by atoms with Crippen LogP contribution in [-0.2, 0) is 6.61 Å². The molecule has 5 rings (SSSR count). The highest BCUT2D eigenvalue weighted by atomic mass is 35.5. The van der Waals surface area contributed by atoms with Gasteiger partial charge < -0.3 is 15.3 Å². The zero-order valence-corrected chi connectivity index (χ0v) is 14.6. The SMILES string of the molecule is CC1CC2CC(C1)N2C(=O)Nc1ccc(Cl)c(-n2ncc(CO)n2)c1. The molecule has 2 aliphatic heterocycles. The van der Waals surface area contributed by atoms with Gasteiger partial charge >= 0.3 is 6.03 Å². The van der Waals surface area contributed by atoms with Gasteiger partial charge in [0.15, 0.2) is 0 Å². The second kappa shape index (κ2) is 6.31. The normalized spacial score (nSPS) is 24.8. The van der Waals surface area contributed by atoms with E-state index in [-0.39, 0.29) is 12.6 Å². The highest BCUT2D eigenvalue weighted by Crippen LogP contribution is 2.41. The van der Waals surface area contributed by atoms with Crippen LogP contribution in [0, 0.1) is 5.92 Å². The van der Waals surface area contributed by atoms with Crippen LogP contribution in [0.5, 0.6) is 0 Å². The fourth-order valence-corrected chi connectivity index (χ4v) is 4.09. The van der Waals surface area contributed by atoms with Crippen LogP contribution in [0.4, 0.5) is 10.5 Å². The molecule has 8 heteroatoms. The van der Waals surface area contributed by atoms with E-state index in [1.807, 2.05) is 4.90 Å². The summed E-state index contributed by atoms with van der Waals surface area (Å²) in [7, 11) is 0. The van der Waals surface area contributed by atoms with Crippen molar-refractivity contribution in [2.24, 2.45) is 5.92 Å². The first-order valence-electron chi connectivity index (χ1n) is 8.46. The lowest BCUT2D eigenvalue weighted by molar-refractivity contribution is -0.00600. The molecule has 2 saturated heterocycles. The average Bonchev–Trinajstić information content (AvgIpc) is 3.05. The van der Waals surface area contributed by atoms with E-state index in [0.29, 0.717) is 40.1 Å². The van der Waals surface area contributed by atoms with Gasteiger partial charge in [-0.3, -0.25) is 0 Å². The number of urea groups is 1. The molecule has 2 atom stereocenters. The number of aliphatic hydroxyl groups excluding tert-OH is 1. The molecule has 3 aliphatic rings. The summed E-state index contributed by atoms with van der Waals surface area (Å²) in [5, 5.41) is 20.8. The van der Waals surface area contributed by atoms with Crippen molar-refractivity contribution in [1.82, 2.24) is 19.9 Å². The third-order valence-corrected chi connectivity index (χ3v) is 5.35. The molecule has 1 aromatic carbocycles. The fraction of sp³-hybridized carbons (Fsp3) is 0.471. The molecule has 2 N–H and O–H groups in total. The molecule has 0 radical (unpaired) electrons. The number of carbonyl (C=O) groups is 1. The number of aliphatic hydroxyl groups is 1. The molecule has 0 spiro atoms. The second-order valence-electron chi connectivity index (χ2n) is 6.91. The van der Waals surface area contributed by atoms with E-state index in [1.54, 1.807) is 18.2 Å². The molecular formula is C17H20ClN5O2. The average molecular weight is 362 g/mol. The predicted octanol–water partition coefficient (Wildman–Crippen LogP) is 2.82. The maximum absolute atomic E-state index is 12.6. The second-order valence-corrected chi connectivity index (χ2v) is 7.31. The molecule has 2 aromatic rings. The molecule has 2 bridgehead atoms. The lowest BCUT2D eigenvalue weighted by Crippen LogP contribution is -2.63. The Morgan fingerprint density at radius 2 is 2.12 bits per heavy atom. The number of anilines is 1. The smallest absolute Gasteiger partial charge is 0.322 e. The molecule has 7 nitrogen and oxygen atoms in total. The summed E-state index contributed by atoms with van der Waals surface area (Å²) in [5.74, 6) is 0.696. The minimum Gasteiger partial charge on any atom is -0.390 e. The molecule has 25 heavy (non-hydrogen) atoms. The van der Waals surface area contributed by atoms with Crippen molar-refractivity contribution in [3.63, 3.8) is 0 Å². The number of aromatic nitrogens is 3. The summed E-state index contributed by atoms with van der Waals surface area (Å²) in [6.45, 7) is 2.06. The number of carbonyl (C=O) groups excluding carboxylic acids is 1. The van der Waals surface area contributed by atoms with E-state index < -0.39 is 0 Å². The molecule has 2 amide bonds. The van der Waals surface area contributed by atoms with E-state index in [0.717, 1.165) is 19.3 Å². The molecule has 1 aliphatic carbocycles. The van der Waals surface area contributed by atoms with Gasteiger partial charge in [-0.15, -0.1) is 4.80 Å². The molecule has 3 fully saturated rings. The van der Waals surface area contributed by atoms with Gasteiger partial charge in [-0.2, -0.15) is 10.2 Å². The summed E-state index contributed by atoms with van der Waals surface area (Å²) in [6.07, 6.45) is 4.75. The third kappa shape index (κ3) is 2.98. The maximum Gasteiger partial charge on any atom is 0.322 e. The van der Waals surface area contributed by atoms with E-state index in [9.17, 15) is 4.79 Å². The van der Waals surface area contributed by atoms with Crippen molar-refractivity contribution in [2.75, 3.05) is 5.32 Å². The minimum absolute atomic E-state index is 0.0640. The van der Waals surface area contributed by atoms with E-state index >= 15 is 0 Å². The fourth-order valence-electron chi connectivity index (χ4n) is 3.89. The van der Waals surface area contributed by atoms with Crippen LogP contribution in [0.15, 0.2) is 24.4 Å². The summed E-state index contributed by atoms with van der Waals surface area (Å²) in [5.41, 5.74) is 1.65. The van der Waals surface area contributed by atoms with Crippen LogP contribution >= 0.6 is 11.6 Å². The van der Waals surface area contributed by atoms with Crippen molar-refractivity contribution in [1.29, 1.82) is 0 Å². The van der Waals surface area contributed by atoms with Crippen LogP contribution in [0.25, 0.3) is 5.69 Å². The lowest BCUT2D eigenvalue weighted by atomic mass is 9.74. The monoisotopic (exact) mass is 361 g/mol. The van der Waals surface area contributed by atoms with Crippen molar-refractivity contribution >= 4 is 23.3 Å². The Labute approximate surface area is 150 Å². The number of halogens is 1. The van der Waals surface area contributed by atoms with Crippen molar-refractivity contribution in [3.8, 4) is 5.69 Å². The molecule has 3 heterocycles. The Hall–Kier alpha value is -2.12. The van der Waals surface area contributed by atoms with Crippen LogP contribution in [0.1, 0.15) is 31.9 Å². The predicted molar refractivity (Wildman–Crippen MR) is 93.7 cm³/mol. The Bertz CT molecular complexity index is 796. The number of nitrogens with one attached hydrogen (secondary N) is 1. The van der Waals surface area contributed by atoms with Crippen molar-refractivity contribution in [3.05, 3.63) is 35.1 Å². The number of piperidine rings is 1. The Balaban J connectivity index is 1.51. The largest absolute Gasteiger partial charge is 0.390 e. The number of benzene rings is 1. The number of nitrogens with zero attached hydrogens (tertiary/aromatic N) is 4. The highest BCUT2D eigenvalue weighted by Gasteiger charge is 2.46. The van der Waals surface area contributed by atoms with Crippen LogP contribution < -0.4 is 5.32 Å². The van der Waals surface area contributed by atoms with Crippen molar-refractivity contribution < 1.29 is 9.90 Å². The van der Waals surface area contributed by atoms with Gasteiger partial charge in [0.2, 0.25) is 0 Å². The summed E-state index contributed by atoms with van der Waals surface area (Å²) in [4.78, 5) is 15.9. The lowest BCUT2D eigenvalue weighted by Gasteiger charge is -2.54. The Kier molecular flexibility index (Phi) is 4.13. The quantitative estimate of drug-likeness (QED) is 0.880. The summed E-state index contributed by atoms with van der Waals surface area (Å²) < 4.78 is 0. The van der Waals surface area contributed by atoms with Gasteiger partial charge in [0, 0.05) is 17.8 Å². The van der Waals surface area contributed by atoms with Crippen LogP contribution in [0.3, 0.4) is 0 Å². The minimum atomic E-state index is -0.190. The number of fused-ring (bicyclic) bond motifs is 2. The van der Waals surface area contributed by atoms with Gasteiger partial charge in [0.1, 0.15) is 11.4 Å². The molecule has 132 valence electrons. The van der Waals surface area contributed by atoms with Gasteiger partial charge in [-0.05, 0) is 43.4 Å². The number of hydrogen-bond acceptors (Lipinski definition) is 4. The number of amides is 2. The van der Waals surface area contributed by atoms with Crippen LogP contribution in [-0.4, -0.2) is 43.1 Å². The zero-order chi connectivity index (χ0) is 17.6. The van der Waals surface area contributed by atoms with E-state index in [4.69, 9.17) is 16.7 Å². The number of hydrogen-bond donors (Lipinski definition) is 2. The summed E-state index contributed by atoms with van der Waals surface area (Å²) in [6, 6.07) is 5.86. The van der Waals surface area contributed by atoms with Gasteiger partial charge in [-0.1, -0.05) is 18.5 Å². The van der Waals surface area contributed by atoms with E-state index in [2.05, 4.69) is 22.4 Å². The van der Waals surface area contributed by atoms with Gasteiger partial charge in [0.05, 0.1) is 17.8 Å². The zero-order valence-electron chi connectivity index (χ0n) is 13.9. The third-order valence-electron chi connectivity index (χ3n) is 5.03. The number of rotatable bonds is 3. The molecule has 1 saturated carbocycles. The molecule has 2 unspecified atom stereocenters.